The van der Waals surface area contributed by atoms with Crippen molar-refractivity contribution in [2.45, 2.75) is 13.8 Å². The summed E-state index contributed by atoms with van der Waals surface area (Å²) in [7, 11) is 0. The number of thiazole rings is 1. The summed E-state index contributed by atoms with van der Waals surface area (Å²) in [5.41, 5.74) is 4.18. The van der Waals surface area contributed by atoms with Crippen LogP contribution in [0.5, 0.6) is 0 Å². The summed E-state index contributed by atoms with van der Waals surface area (Å²) < 4.78 is 0. The third-order valence-electron chi connectivity index (χ3n) is 2.67. The predicted octanol–water partition coefficient (Wildman–Crippen LogP) is 1.62. The molecule has 4 N–H and O–H groups in total. The van der Waals surface area contributed by atoms with Crippen LogP contribution in [0.4, 0.5) is 5.13 Å². The lowest BCUT2D eigenvalue weighted by Gasteiger charge is -2.01. The van der Waals surface area contributed by atoms with Crippen molar-refractivity contribution in [1.29, 1.82) is 0 Å². The molecule has 1 aromatic heterocycles. The van der Waals surface area contributed by atoms with E-state index in [9.17, 15) is 9.59 Å². The normalized spacial score (nSPS) is 10.2. The standard InChI is InChI=1S/C13H14N4O2S/c1-7-3-5-9(6-4-7)11(18)16-13-15-8(2)10(20-13)12(19)17-14/h3-6H,14H2,1-2H3,(H,17,19)(H,15,16,18). The molecule has 0 radical (unpaired) electrons. The summed E-state index contributed by atoms with van der Waals surface area (Å²) in [6.07, 6.45) is 0. The highest BCUT2D eigenvalue weighted by atomic mass is 32.1. The Bertz CT molecular complexity index is 649. The molecule has 0 aliphatic heterocycles. The van der Waals surface area contributed by atoms with Gasteiger partial charge in [-0.15, -0.1) is 0 Å². The Morgan fingerprint density at radius 1 is 1.15 bits per heavy atom. The molecular weight excluding hydrogens is 276 g/mol. The van der Waals surface area contributed by atoms with E-state index < -0.39 is 5.91 Å². The van der Waals surface area contributed by atoms with Gasteiger partial charge in [0.2, 0.25) is 0 Å². The van der Waals surface area contributed by atoms with Crippen LogP contribution in [0.3, 0.4) is 0 Å². The number of nitrogens with zero attached hydrogens (tertiary/aromatic N) is 1. The number of amides is 2. The second-order valence-electron chi connectivity index (χ2n) is 4.23. The Hall–Kier alpha value is -2.25. The second-order valence-corrected chi connectivity index (χ2v) is 5.23. The highest BCUT2D eigenvalue weighted by molar-refractivity contribution is 7.17. The first-order valence-electron chi connectivity index (χ1n) is 5.87. The molecule has 0 saturated heterocycles. The van der Waals surface area contributed by atoms with Gasteiger partial charge in [-0.25, -0.2) is 10.8 Å². The van der Waals surface area contributed by atoms with Crippen LogP contribution in [0.1, 0.15) is 31.3 Å². The predicted molar refractivity (Wildman–Crippen MR) is 77.6 cm³/mol. The Kier molecular flexibility index (Phi) is 4.11. The average Bonchev–Trinajstić information content (AvgIpc) is 2.79. The van der Waals surface area contributed by atoms with Crippen molar-refractivity contribution in [1.82, 2.24) is 10.4 Å². The Balaban J connectivity index is 2.16. The van der Waals surface area contributed by atoms with E-state index in [1.54, 1.807) is 19.1 Å². The maximum atomic E-state index is 12.0. The topological polar surface area (TPSA) is 97.1 Å². The van der Waals surface area contributed by atoms with Crippen LogP contribution in [-0.2, 0) is 0 Å². The van der Waals surface area contributed by atoms with Crippen molar-refractivity contribution in [2.24, 2.45) is 5.84 Å². The van der Waals surface area contributed by atoms with Gasteiger partial charge in [0.15, 0.2) is 5.13 Å². The van der Waals surface area contributed by atoms with Crippen molar-refractivity contribution in [3.05, 3.63) is 46.0 Å². The van der Waals surface area contributed by atoms with E-state index in [0.717, 1.165) is 16.9 Å². The van der Waals surface area contributed by atoms with E-state index in [2.05, 4.69) is 10.3 Å². The Morgan fingerprint density at radius 2 is 1.80 bits per heavy atom. The maximum Gasteiger partial charge on any atom is 0.277 e. The highest BCUT2D eigenvalue weighted by Gasteiger charge is 2.16. The zero-order chi connectivity index (χ0) is 14.7. The van der Waals surface area contributed by atoms with Crippen molar-refractivity contribution in [3.63, 3.8) is 0 Å². The van der Waals surface area contributed by atoms with Crippen LogP contribution in [-0.4, -0.2) is 16.8 Å². The van der Waals surface area contributed by atoms with E-state index in [4.69, 9.17) is 5.84 Å². The largest absolute Gasteiger partial charge is 0.298 e. The molecule has 0 saturated carbocycles. The summed E-state index contributed by atoms with van der Waals surface area (Å²) >= 11 is 1.08. The Morgan fingerprint density at radius 3 is 2.40 bits per heavy atom. The van der Waals surface area contributed by atoms with Crippen molar-refractivity contribution < 1.29 is 9.59 Å². The fourth-order valence-corrected chi connectivity index (χ4v) is 2.46. The summed E-state index contributed by atoms with van der Waals surface area (Å²) in [5, 5.41) is 3.03. The van der Waals surface area contributed by atoms with Gasteiger partial charge in [0, 0.05) is 5.56 Å². The number of hydrogen-bond acceptors (Lipinski definition) is 5. The molecule has 6 nitrogen and oxygen atoms in total. The summed E-state index contributed by atoms with van der Waals surface area (Å²) in [5.74, 6) is 4.39. The fourth-order valence-electron chi connectivity index (χ4n) is 1.60. The number of carbonyl (C=O) groups excluding carboxylic acids is 2. The van der Waals surface area contributed by atoms with Gasteiger partial charge in [-0.3, -0.25) is 20.3 Å². The first-order chi connectivity index (χ1) is 9.51. The Labute approximate surface area is 120 Å². The number of aromatic nitrogens is 1. The molecule has 1 aromatic carbocycles. The van der Waals surface area contributed by atoms with Gasteiger partial charge in [0.05, 0.1) is 5.69 Å². The number of hydrogen-bond donors (Lipinski definition) is 3. The summed E-state index contributed by atoms with van der Waals surface area (Å²) in [6.45, 7) is 3.63. The van der Waals surface area contributed by atoms with Gasteiger partial charge in [-0.2, -0.15) is 0 Å². The summed E-state index contributed by atoms with van der Waals surface area (Å²) in [4.78, 5) is 28.0. The number of nitrogen functional groups attached to an aromatic ring is 1. The van der Waals surface area contributed by atoms with E-state index in [1.165, 1.54) is 0 Å². The molecule has 0 fully saturated rings. The minimum absolute atomic E-state index is 0.265. The van der Waals surface area contributed by atoms with E-state index in [-0.39, 0.29) is 5.91 Å². The zero-order valence-corrected chi connectivity index (χ0v) is 11.9. The third kappa shape index (κ3) is 3.01. The lowest BCUT2D eigenvalue weighted by Crippen LogP contribution is -2.29. The number of rotatable bonds is 3. The molecule has 0 atom stereocenters. The number of nitrogens with one attached hydrogen (secondary N) is 2. The minimum Gasteiger partial charge on any atom is -0.298 e. The van der Waals surface area contributed by atoms with Crippen molar-refractivity contribution >= 4 is 28.3 Å². The number of aryl methyl sites for hydroxylation is 2. The molecule has 1 heterocycles. The quantitative estimate of drug-likeness (QED) is 0.454. The van der Waals surface area contributed by atoms with Gasteiger partial charge in [0.25, 0.3) is 11.8 Å². The van der Waals surface area contributed by atoms with Crippen LogP contribution in [0.15, 0.2) is 24.3 Å². The van der Waals surface area contributed by atoms with Crippen molar-refractivity contribution in [2.75, 3.05) is 5.32 Å². The van der Waals surface area contributed by atoms with Crippen LogP contribution in [0, 0.1) is 13.8 Å². The zero-order valence-electron chi connectivity index (χ0n) is 11.1. The number of nitrogens with two attached hydrogens (primary N) is 1. The molecule has 0 aliphatic rings. The number of anilines is 1. The minimum atomic E-state index is -0.421. The van der Waals surface area contributed by atoms with Gasteiger partial charge in [-0.05, 0) is 26.0 Å². The molecule has 7 heteroatoms. The molecule has 2 amide bonds. The van der Waals surface area contributed by atoms with Crippen LogP contribution >= 0.6 is 11.3 Å². The first-order valence-corrected chi connectivity index (χ1v) is 6.69. The molecule has 2 rings (SSSR count). The summed E-state index contributed by atoms with van der Waals surface area (Å²) in [6, 6.07) is 7.18. The second kappa shape index (κ2) is 5.81. The lowest BCUT2D eigenvalue weighted by molar-refractivity contribution is 0.0956. The van der Waals surface area contributed by atoms with Crippen LogP contribution in [0.25, 0.3) is 0 Å². The molecule has 0 unspecified atom stereocenters. The van der Waals surface area contributed by atoms with E-state index >= 15 is 0 Å². The smallest absolute Gasteiger partial charge is 0.277 e. The van der Waals surface area contributed by atoms with E-state index in [0.29, 0.717) is 21.3 Å². The molecule has 20 heavy (non-hydrogen) atoms. The molecule has 0 spiro atoms. The third-order valence-corrected chi connectivity index (χ3v) is 3.74. The lowest BCUT2D eigenvalue weighted by atomic mass is 10.1. The van der Waals surface area contributed by atoms with Gasteiger partial charge in [-0.1, -0.05) is 29.0 Å². The monoisotopic (exact) mass is 290 g/mol. The molecule has 0 aliphatic carbocycles. The highest BCUT2D eigenvalue weighted by Crippen LogP contribution is 2.22. The van der Waals surface area contributed by atoms with Gasteiger partial charge < -0.3 is 0 Å². The fraction of sp³-hybridized carbons (Fsp3) is 0.154. The van der Waals surface area contributed by atoms with Gasteiger partial charge >= 0.3 is 0 Å². The average molecular weight is 290 g/mol. The molecule has 0 bridgehead atoms. The van der Waals surface area contributed by atoms with Gasteiger partial charge in [0.1, 0.15) is 4.88 Å². The first kappa shape index (κ1) is 14.2. The number of benzene rings is 1. The van der Waals surface area contributed by atoms with Crippen LogP contribution < -0.4 is 16.6 Å². The molecule has 2 aromatic rings. The molecule has 104 valence electrons. The number of hydrazine groups is 1. The SMILES string of the molecule is Cc1ccc(C(=O)Nc2nc(C)c(C(=O)NN)s2)cc1. The maximum absolute atomic E-state index is 12.0. The van der Waals surface area contributed by atoms with E-state index in [1.807, 2.05) is 24.5 Å². The number of carbonyl (C=O) groups is 2. The van der Waals surface area contributed by atoms with Crippen molar-refractivity contribution in [3.8, 4) is 0 Å². The van der Waals surface area contributed by atoms with Crippen LogP contribution in [0.2, 0.25) is 0 Å². The molecular formula is C13H14N4O2S.